The maximum atomic E-state index is 11.3. The maximum absolute atomic E-state index is 11.3. The molecule has 5 nitrogen and oxygen atoms in total. The predicted molar refractivity (Wildman–Crippen MR) is 62.9 cm³/mol. The van der Waals surface area contributed by atoms with Gasteiger partial charge in [0.05, 0.1) is 0 Å². The van der Waals surface area contributed by atoms with Crippen molar-refractivity contribution >= 4 is 5.91 Å². The minimum atomic E-state index is -0.348. The lowest BCUT2D eigenvalue weighted by Gasteiger charge is -2.19. The number of imidazole rings is 1. The quantitative estimate of drug-likeness (QED) is 0.730. The highest BCUT2D eigenvalue weighted by Gasteiger charge is 2.17. The van der Waals surface area contributed by atoms with E-state index in [9.17, 15) is 4.79 Å². The summed E-state index contributed by atoms with van der Waals surface area (Å²) in [6, 6.07) is -0.120. The highest BCUT2D eigenvalue weighted by Crippen LogP contribution is 2.01. The van der Waals surface area contributed by atoms with E-state index in [2.05, 4.69) is 10.3 Å². The van der Waals surface area contributed by atoms with Crippen molar-refractivity contribution in [3.8, 4) is 0 Å². The van der Waals surface area contributed by atoms with Crippen molar-refractivity contribution in [2.75, 3.05) is 0 Å². The molecule has 16 heavy (non-hydrogen) atoms. The summed E-state index contributed by atoms with van der Waals surface area (Å²) in [5.41, 5.74) is 5.36. The van der Waals surface area contributed by atoms with Gasteiger partial charge < -0.3 is 15.6 Å². The molecule has 1 heterocycles. The molecule has 0 aliphatic carbocycles. The summed E-state index contributed by atoms with van der Waals surface area (Å²) in [6.45, 7) is 6.56. The molecule has 1 aromatic heterocycles. The van der Waals surface area contributed by atoms with Crippen LogP contribution in [-0.4, -0.2) is 27.5 Å². The number of hydrogen-bond acceptors (Lipinski definition) is 3. The van der Waals surface area contributed by atoms with E-state index in [1.165, 1.54) is 0 Å². The number of nitrogens with zero attached hydrogens (tertiary/aromatic N) is 2. The second-order valence-corrected chi connectivity index (χ2v) is 4.13. The van der Waals surface area contributed by atoms with E-state index in [0.29, 0.717) is 6.54 Å². The van der Waals surface area contributed by atoms with Gasteiger partial charge in [0.2, 0.25) is 5.91 Å². The average Bonchev–Trinajstić information content (AvgIpc) is 2.63. The van der Waals surface area contributed by atoms with E-state index in [1.54, 1.807) is 6.20 Å². The largest absolute Gasteiger partial charge is 0.368 e. The van der Waals surface area contributed by atoms with E-state index >= 15 is 0 Å². The molecule has 1 rings (SSSR count). The molecule has 1 atom stereocenters. The summed E-state index contributed by atoms with van der Waals surface area (Å²) in [6.07, 6.45) is 4.46. The van der Waals surface area contributed by atoms with Crippen LogP contribution >= 0.6 is 0 Å². The van der Waals surface area contributed by atoms with Crippen molar-refractivity contribution in [1.29, 1.82) is 0 Å². The lowest BCUT2D eigenvalue weighted by atomic mass is 10.2. The number of carbonyl (C=O) groups excluding carboxylic acids is 1. The number of amides is 1. The van der Waals surface area contributed by atoms with Crippen LogP contribution in [0.3, 0.4) is 0 Å². The van der Waals surface area contributed by atoms with Gasteiger partial charge in [-0.2, -0.15) is 0 Å². The van der Waals surface area contributed by atoms with E-state index in [1.807, 2.05) is 31.5 Å². The first-order chi connectivity index (χ1) is 7.54. The lowest BCUT2D eigenvalue weighted by Crippen LogP contribution is -2.47. The van der Waals surface area contributed by atoms with Gasteiger partial charge in [-0.15, -0.1) is 0 Å². The molecule has 0 bridgehead atoms. The number of nitrogens with one attached hydrogen (secondary N) is 1. The Balaban J connectivity index is 2.71. The summed E-state index contributed by atoms with van der Waals surface area (Å²) in [7, 11) is 0. The van der Waals surface area contributed by atoms with E-state index in [0.717, 1.165) is 12.2 Å². The molecule has 0 saturated heterocycles. The fourth-order valence-electron chi connectivity index (χ4n) is 1.64. The Bertz CT molecular complexity index is 346. The second-order valence-electron chi connectivity index (χ2n) is 4.13. The molecule has 1 amide bonds. The van der Waals surface area contributed by atoms with Gasteiger partial charge in [0.15, 0.2) is 0 Å². The fourth-order valence-corrected chi connectivity index (χ4v) is 1.64. The van der Waals surface area contributed by atoms with Crippen LogP contribution in [0.25, 0.3) is 0 Å². The molecule has 0 aliphatic heterocycles. The van der Waals surface area contributed by atoms with Crippen LogP contribution in [0.4, 0.5) is 0 Å². The first-order valence-corrected chi connectivity index (χ1v) is 5.60. The van der Waals surface area contributed by atoms with Crippen molar-refractivity contribution in [2.45, 2.75) is 45.8 Å². The summed E-state index contributed by atoms with van der Waals surface area (Å²) in [5, 5.41) is 3.15. The molecule has 3 N–H and O–H groups in total. The standard InChI is InChI=1S/C11H20N4O/c1-4-10-13-5-6-15(10)7-9(11(12)16)14-8(2)3/h5-6,8-9,14H,4,7H2,1-3H3,(H2,12,16). The summed E-state index contributed by atoms with van der Waals surface area (Å²) >= 11 is 0. The van der Waals surface area contributed by atoms with Crippen LogP contribution in [0.1, 0.15) is 26.6 Å². The summed E-state index contributed by atoms with van der Waals surface area (Å²) in [5.74, 6) is 0.640. The number of rotatable bonds is 6. The molecule has 0 spiro atoms. The monoisotopic (exact) mass is 224 g/mol. The number of hydrogen-bond donors (Lipinski definition) is 2. The molecule has 1 aromatic rings. The van der Waals surface area contributed by atoms with Gasteiger partial charge in [0, 0.05) is 31.4 Å². The highest BCUT2D eigenvalue weighted by atomic mass is 16.1. The van der Waals surface area contributed by atoms with E-state index in [4.69, 9.17) is 5.73 Å². The van der Waals surface area contributed by atoms with Crippen LogP contribution < -0.4 is 11.1 Å². The minimum absolute atomic E-state index is 0.228. The predicted octanol–water partition coefficient (Wildman–Crippen LogP) is 0.297. The molecule has 0 radical (unpaired) electrons. The Kier molecular flexibility index (Phi) is 4.49. The Labute approximate surface area is 96.0 Å². The van der Waals surface area contributed by atoms with Crippen molar-refractivity contribution < 1.29 is 4.79 Å². The molecular formula is C11H20N4O. The van der Waals surface area contributed by atoms with Crippen molar-refractivity contribution in [3.63, 3.8) is 0 Å². The topological polar surface area (TPSA) is 72.9 Å². The Morgan fingerprint density at radius 1 is 1.62 bits per heavy atom. The van der Waals surface area contributed by atoms with E-state index < -0.39 is 0 Å². The molecule has 0 saturated carbocycles. The zero-order chi connectivity index (χ0) is 12.1. The SMILES string of the molecule is CCc1nccn1CC(NC(C)C)C(N)=O. The highest BCUT2D eigenvalue weighted by molar-refractivity contribution is 5.79. The first kappa shape index (κ1) is 12.7. The molecule has 5 heteroatoms. The van der Waals surface area contributed by atoms with Gasteiger partial charge in [0.25, 0.3) is 0 Å². The van der Waals surface area contributed by atoms with Crippen LogP contribution in [0.2, 0.25) is 0 Å². The van der Waals surface area contributed by atoms with Gasteiger partial charge in [-0.1, -0.05) is 20.8 Å². The van der Waals surface area contributed by atoms with Gasteiger partial charge in [0.1, 0.15) is 11.9 Å². The van der Waals surface area contributed by atoms with Crippen LogP contribution in [-0.2, 0) is 17.8 Å². The second kappa shape index (κ2) is 5.65. The van der Waals surface area contributed by atoms with Crippen molar-refractivity contribution in [1.82, 2.24) is 14.9 Å². The maximum Gasteiger partial charge on any atom is 0.236 e. The number of aromatic nitrogens is 2. The Hall–Kier alpha value is -1.36. The normalized spacial score (nSPS) is 13.0. The van der Waals surface area contributed by atoms with Gasteiger partial charge >= 0.3 is 0 Å². The third kappa shape index (κ3) is 3.34. The van der Waals surface area contributed by atoms with Crippen molar-refractivity contribution in [3.05, 3.63) is 18.2 Å². The van der Waals surface area contributed by atoms with Crippen LogP contribution in [0, 0.1) is 0 Å². The summed E-state index contributed by atoms with van der Waals surface area (Å²) in [4.78, 5) is 15.5. The van der Waals surface area contributed by atoms with Gasteiger partial charge in [-0.05, 0) is 0 Å². The van der Waals surface area contributed by atoms with Crippen LogP contribution in [0.15, 0.2) is 12.4 Å². The smallest absolute Gasteiger partial charge is 0.236 e. The Morgan fingerprint density at radius 3 is 2.81 bits per heavy atom. The fraction of sp³-hybridized carbons (Fsp3) is 0.636. The first-order valence-electron chi connectivity index (χ1n) is 5.60. The molecular weight excluding hydrogens is 204 g/mol. The number of carbonyl (C=O) groups is 1. The zero-order valence-electron chi connectivity index (χ0n) is 10.1. The Morgan fingerprint density at radius 2 is 2.31 bits per heavy atom. The third-order valence-electron chi connectivity index (χ3n) is 2.38. The molecule has 90 valence electrons. The summed E-state index contributed by atoms with van der Waals surface area (Å²) < 4.78 is 1.96. The van der Waals surface area contributed by atoms with Crippen molar-refractivity contribution in [2.24, 2.45) is 5.73 Å². The number of primary amides is 1. The lowest BCUT2D eigenvalue weighted by molar-refractivity contribution is -0.120. The zero-order valence-corrected chi connectivity index (χ0v) is 10.1. The number of nitrogens with two attached hydrogens (primary N) is 1. The van der Waals surface area contributed by atoms with Crippen LogP contribution in [0.5, 0.6) is 0 Å². The van der Waals surface area contributed by atoms with E-state index in [-0.39, 0.29) is 18.0 Å². The molecule has 0 fully saturated rings. The average molecular weight is 224 g/mol. The van der Waals surface area contributed by atoms with Gasteiger partial charge in [-0.3, -0.25) is 4.79 Å². The minimum Gasteiger partial charge on any atom is -0.368 e. The third-order valence-corrected chi connectivity index (χ3v) is 2.38. The van der Waals surface area contributed by atoms with Gasteiger partial charge in [-0.25, -0.2) is 4.98 Å². The molecule has 0 aliphatic rings. The molecule has 1 unspecified atom stereocenters. The molecule has 0 aromatic carbocycles. The number of aryl methyl sites for hydroxylation is 1.